The molecule has 0 spiro atoms. The molecule has 2 aromatic rings. The molecule has 1 saturated heterocycles. The molecule has 5 nitrogen and oxygen atoms in total. The quantitative estimate of drug-likeness (QED) is 0.887. The molecule has 2 N–H and O–H groups in total. The van der Waals surface area contributed by atoms with Gasteiger partial charge in [-0.2, -0.15) is 0 Å². The monoisotopic (exact) mass is 299 g/mol. The lowest BCUT2D eigenvalue weighted by molar-refractivity contribution is 0.177. The Morgan fingerprint density at radius 1 is 1.67 bits per heavy atom. The Labute approximate surface area is 141 Å². The zero-order valence-electron chi connectivity index (χ0n) is 22.9. The van der Waals surface area contributed by atoms with Crippen molar-refractivity contribution in [2.24, 2.45) is 0 Å². The van der Waals surface area contributed by atoms with E-state index in [-0.39, 0.29) is 28.4 Å². The lowest BCUT2D eigenvalue weighted by Gasteiger charge is -2.09. The van der Waals surface area contributed by atoms with Crippen molar-refractivity contribution in [2.75, 3.05) is 27.0 Å². The predicted molar refractivity (Wildman–Crippen MR) is 82.5 cm³/mol. The number of carbonyl (C=O) groups is 1. The van der Waals surface area contributed by atoms with E-state index < -0.39 is 45.5 Å². The minimum atomic E-state index is -3.28. The number of likely N-dealkylation sites (N-methyl/N-ethyl adjacent to an activating group) is 1. The molecule has 0 radical (unpaired) electrons. The zero-order chi connectivity index (χ0) is 25.2. The van der Waals surface area contributed by atoms with Gasteiger partial charge in [0.05, 0.1) is 11.5 Å². The highest BCUT2D eigenvalue weighted by atomic mass is 16.6. The fraction of sp³-hybridized carbons (Fsp3) is 0.438. The molecule has 0 saturated carbocycles. The van der Waals surface area contributed by atoms with Crippen molar-refractivity contribution >= 4 is 17.0 Å². The smallest absolute Gasteiger partial charge is 0.407 e. The summed E-state index contributed by atoms with van der Waals surface area (Å²) in [6, 6.07) is 2.32. The number of aryl methyl sites for hydroxylation is 1. The van der Waals surface area contributed by atoms with Crippen LogP contribution in [0.25, 0.3) is 10.9 Å². The molecule has 1 aromatic carbocycles. The van der Waals surface area contributed by atoms with Gasteiger partial charge in [0.2, 0.25) is 0 Å². The minimum absolute atomic E-state index is 0.00379. The Bertz CT molecular complexity index is 1060. The van der Waals surface area contributed by atoms with Crippen LogP contribution in [0.15, 0.2) is 24.4 Å². The minimum Gasteiger partial charge on any atom is -0.447 e. The molecule has 1 amide bonds. The number of nitrogens with zero attached hydrogens (tertiary/aromatic N) is 1. The SMILES string of the molecule is [2H]c1[nH]c2ccc(C[C@]3([2H])NC(=O)OC3([2H])[2H])cc2c1CC([2H])([2H])N(C([2H])([2H])[2H])C([2H])([2H])[2H]. The van der Waals surface area contributed by atoms with Gasteiger partial charge in [-0.1, -0.05) is 6.07 Å². The Kier molecular flexibility index (Phi) is 1.55. The maximum absolute atomic E-state index is 11.5. The fourth-order valence-electron chi connectivity index (χ4n) is 2.13. The van der Waals surface area contributed by atoms with Crippen molar-refractivity contribution in [3.63, 3.8) is 0 Å². The molecule has 1 atom stereocenters. The number of alkyl carbamates (subject to hydrolysis) is 1. The summed E-state index contributed by atoms with van der Waals surface area (Å²) in [5.74, 6) is 0. The summed E-state index contributed by atoms with van der Waals surface area (Å²) < 4.78 is 97.8. The van der Waals surface area contributed by atoms with Gasteiger partial charge in [0, 0.05) is 34.5 Å². The molecule has 5 heteroatoms. The van der Waals surface area contributed by atoms with Crippen LogP contribution in [0.1, 0.15) is 27.6 Å². The van der Waals surface area contributed by atoms with Gasteiger partial charge in [0.15, 0.2) is 0 Å². The van der Waals surface area contributed by atoms with Crippen molar-refractivity contribution in [1.82, 2.24) is 15.2 Å². The van der Waals surface area contributed by atoms with Crippen LogP contribution in [0.4, 0.5) is 4.79 Å². The molecule has 3 rings (SSSR count). The average Bonchev–Trinajstić information content (AvgIpc) is 2.96. The van der Waals surface area contributed by atoms with Gasteiger partial charge in [-0.15, -0.1) is 0 Å². The van der Waals surface area contributed by atoms with Crippen molar-refractivity contribution in [2.45, 2.75) is 18.9 Å². The maximum atomic E-state index is 11.5. The number of amides is 1. The van der Waals surface area contributed by atoms with E-state index in [0.717, 1.165) is 0 Å². The van der Waals surface area contributed by atoms with Gasteiger partial charge < -0.3 is 19.9 Å². The number of H-pyrrole nitrogens is 1. The first-order valence-corrected chi connectivity index (χ1v) is 6.19. The number of carbonyl (C=O) groups excluding carboxylic acids is 1. The van der Waals surface area contributed by atoms with Crippen molar-refractivity contribution < 1.29 is 26.0 Å². The van der Waals surface area contributed by atoms with E-state index in [1.165, 1.54) is 18.2 Å². The molecule has 0 bridgehead atoms. The molecule has 1 aliphatic heterocycles. The number of cyclic esters (lactones) is 1. The average molecular weight is 299 g/mol. The van der Waals surface area contributed by atoms with Crippen molar-refractivity contribution in [1.29, 1.82) is 0 Å². The first kappa shape index (κ1) is 5.65. The summed E-state index contributed by atoms with van der Waals surface area (Å²) in [5.41, 5.74) is 0.721. The Morgan fingerprint density at radius 2 is 2.57 bits per heavy atom. The highest BCUT2D eigenvalue weighted by Gasteiger charge is 2.22. The number of aromatic amines is 1. The first-order chi connectivity index (χ1) is 14.8. The van der Waals surface area contributed by atoms with Crippen molar-refractivity contribution in [3.8, 4) is 0 Å². The number of ether oxygens (including phenoxy) is 1. The number of benzene rings is 1. The summed E-state index contributed by atoms with van der Waals surface area (Å²) in [4.78, 5) is 14.0. The molecule has 112 valence electrons. The number of fused-ring (bicyclic) bond motifs is 1. The van der Waals surface area contributed by atoms with Gasteiger partial charge in [0.25, 0.3) is 0 Å². The van der Waals surface area contributed by atoms with Gasteiger partial charge in [-0.25, -0.2) is 4.79 Å². The molecule has 1 fully saturated rings. The normalized spacial score (nSPS) is 34.4. The summed E-state index contributed by atoms with van der Waals surface area (Å²) in [7, 11) is 0. The Morgan fingerprint density at radius 3 is 3.33 bits per heavy atom. The summed E-state index contributed by atoms with van der Waals surface area (Å²) in [6.07, 6.45) is -2.42. The topological polar surface area (TPSA) is 57.4 Å². The van der Waals surface area contributed by atoms with Crippen LogP contribution in [-0.4, -0.2) is 49.0 Å². The second-order valence-electron chi connectivity index (χ2n) is 4.55. The van der Waals surface area contributed by atoms with Gasteiger partial charge in [-0.05, 0) is 50.1 Å². The maximum Gasteiger partial charge on any atom is 0.407 e. The first-order valence-electron chi connectivity index (χ1n) is 12.2. The second kappa shape index (κ2) is 5.77. The third kappa shape index (κ3) is 3.19. The van der Waals surface area contributed by atoms with Crippen molar-refractivity contribution in [3.05, 3.63) is 35.5 Å². The standard InChI is InChI=1S/C16H21N3O2/c1-19(2)6-5-12-9-17-15-4-3-11(8-14(12)15)7-13-10-21-16(20)18-13/h3-4,8-9,13,17H,5-7,10H2,1-2H3,(H,18,20)/t13-/m0/s1/i1D3,2D3,6D2,9D,10D2,13D. The fourth-order valence-corrected chi connectivity index (χ4v) is 2.13. The molecule has 0 aliphatic carbocycles. The van der Waals surface area contributed by atoms with Gasteiger partial charge in [0.1, 0.15) is 6.56 Å². The summed E-state index contributed by atoms with van der Waals surface area (Å²) in [6.45, 7) is -12.1. The Balaban J connectivity index is 2.01. The van der Waals surface area contributed by atoms with Gasteiger partial charge >= 0.3 is 6.09 Å². The van der Waals surface area contributed by atoms with Crippen LogP contribution in [0.5, 0.6) is 0 Å². The molecule has 0 unspecified atom stereocenters. The zero-order valence-corrected chi connectivity index (χ0v) is 10.9. The summed E-state index contributed by atoms with van der Waals surface area (Å²) >= 11 is 0. The van der Waals surface area contributed by atoms with Crippen LogP contribution >= 0.6 is 0 Å². The Hall–Kier alpha value is -2.01. The van der Waals surface area contributed by atoms with E-state index in [2.05, 4.69) is 15.0 Å². The van der Waals surface area contributed by atoms with E-state index in [4.69, 9.17) is 16.4 Å². The molecule has 1 aromatic heterocycles. The highest BCUT2D eigenvalue weighted by molar-refractivity contribution is 5.84. The second-order valence-corrected chi connectivity index (χ2v) is 4.55. The van der Waals surface area contributed by atoms with Gasteiger partial charge in [-0.3, -0.25) is 0 Å². The number of rotatable bonds is 5. The number of hydrogen-bond acceptors (Lipinski definition) is 3. The lowest BCUT2D eigenvalue weighted by atomic mass is 10.0. The highest BCUT2D eigenvalue weighted by Crippen LogP contribution is 2.21. The number of nitrogens with one attached hydrogen (secondary N) is 2. The van der Waals surface area contributed by atoms with Crippen LogP contribution < -0.4 is 5.32 Å². The predicted octanol–water partition coefficient (Wildman–Crippen LogP) is 1.92. The van der Waals surface area contributed by atoms with Crippen LogP contribution in [0.2, 0.25) is 0 Å². The molecule has 1 aliphatic rings. The van der Waals surface area contributed by atoms with E-state index in [9.17, 15) is 4.79 Å². The van der Waals surface area contributed by atoms with Crippen LogP contribution in [0.3, 0.4) is 0 Å². The number of aromatic nitrogens is 1. The number of hydrogen-bond donors (Lipinski definition) is 2. The van der Waals surface area contributed by atoms with E-state index in [1.54, 1.807) is 0 Å². The van der Waals surface area contributed by atoms with E-state index >= 15 is 0 Å². The molecular formula is C16H21N3O2. The summed E-state index contributed by atoms with van der Waals surface area (Å²) in [5, 5.41) is 2.39. The lowest BCUT2D eigenvalue weighted by Crippen LogP contribution is -2.28. The molecular weight excluding hydrogens is 266 g/mol. The van der Waals surface area contributed by atoms with Crippen LogP contribution in [0, 0.1) is 0 Å². The molecule has 2 heterocycles. The van der Waals surface area contributed by atoms with E-state index in [1.807, 2.05) is 0 Å². The van der Waals surface area contributed by atoms with E-state index in [0.29, 0.717) is 11.1 Å². The third-order valence-electron chi connectivity index (χ3n) is 3.07. The third-order valence-corrected chi connectivity index (χ3v) is 3.07. The largest absolute Gasteiger partial charge is 0.447 e. The molecule has 21 heavy (non-hydrogen) atoms. The van der Waals surface area contributed by atoms with Crippen LogP contribution in [-0.2, 0) is 17.6 Å².